The number of likely N-dealkylation sites (N-methyl/N-ethyl adjacent to an activating group) is 1. The average Bonchev–Trinajstić information content (AvgIpc) is 3.03. The largest absolute Gasteiger partial charge is 0.507 e. The first-order valence-corrected chi connectivity index (χ1v) is 9.91. The molecule has 2 atom stereocenters. The number of halogens is 2. The number of aromatic hydroxyl groups is 2. The van der Waals surface area contributed by atoms with Crippen LogP contribution in [0.4, 0.5) is 4.39 Å². The van der Waals surface area contributed by atoms with Gasteiger partial charge in [-0.1, -0.05) is 6.07 Å². The normalized spacial score (nSPS) is 19.9. The molecule has 1 aliphatic heterocycles. The number of benzene rings is 2. The van der Waals surface area contributed by atoms with Crippen LogP contribution in [0.5, 0.6) is 11.5 Å². The highest BCUT2D eigenvalue weighted by Gasteiger charge is 2.36. The van der Waals surface area contributed by atoms with E-state index >= 15 is 0 Å². The Hall–Kier alpha value is -2.42. The van der Waals surface area contributed by atoms with E-state index in [-0.39, 0.29) is 45.5 Å². The van der Waals surface area contributed by atoms with Gasteiger partial charge in [-0.25, -0.2) is 4.39 Å². The van der Waals surface area contributed by atoms with Crippen LogP contribution < -0.4 is 5.43 Å². The fraction of sp³-hybridized carbons (Fsp3) is 0.286. The molecule has 8 heteroatoms. The number of phenols is 2. The second-order valence-electron chi connectivity index (χ2n) is 7.23. The van der Waals surface area contributed by atoms with E-state index in [1.165, 1.54) is 18.2 Å². The van der Waals surface area contributed by atoms with Gasteiger partial charge in [0.2, 0.25) is 0 Å². The molecule has 0 saturated carbocycles. The molecule has 0 spiro atoms. The lowest BCUT2D eigenvalue weighted by Crippen LogP contribution is -2.32. The fourth-order valence-electron chi connectivity index (χ4n) is 4.12. The molecule has 2 aromatic carbocycles. The Balaban J connectivity index is 2.03. The molecule has 0 unspecified atom stereocenters. The maximum atomic E-state index is 14.0. The Labute approximate surface area is 173 Å². The van der Waals surface area contributed by atoms with Crippen LogP contribution in [0.25, 0.3) is 22.3 Å². The van der Waals surface area contributed by atoms with Crippen molar-refractivity contribution < 1.29 is 24.1 Å². The molecular weight excluding hydrogens is 445 g/mol. The second-order valence-corrected chi connectivity index (χ2v) is 8.03. The van der Waals surface area contributed by atoms with Crippen molar-refractivity contribution in [2.45, 2.75) is 18.4 Å². The summed E-state index contributed by atoms with van der Waals surface area (Å²) in [5.74, 6) is -1.32. The Morgan fingerprint density at radius 3 is 2.76 bits per heavy atom. The molecule has 0 amide bonds. The first-order valence-electron chi connectivity index (χ1n) is 9.11. The number of aliphatic hydroxyl groups is 1. The average molecular weight is 464 g/mol. The second kappa shape index (κ2) is 7.44. The number of aliphatic hydroxyl groups excluding tert-OH is 1. The molecule has 3 N–H and O–H groups in total. The van der Waals surface area contributed by atoms with Gasteiger partial charge in [0, 0.05) is 35.2 Å². The minimum Gasteiger partial charge on any atom is -0.507 e. The molecule has 3 aromatic rings. The zero-order chi connectivity index (χ0) is 20.9. The van der Waals surface area contributed by atoms with Crippen LogP contribution in [0.2, 0.25) is 0 Å². The van der Waals surface area contributed by atoms with E-state index in [1.54, 1.807) is 6.07 Å². The van der Waals surface area contributed by atoms with Gasteiger partial charge in [-0.2, -0.15) is 0 Å². The molecule has 1 aliphatic rings. The van der Waals surface area contributed by atoms with Crippen molar-refractivity contribution in [3.05, 3.63) is 56.4 Å². The van der Waals surface area contributed by atoms with Crippen molar-refractivity contribution in [3.63, 3.8) is 0 Å². The van der Waals surface area contributed by atoms with Crippen LogP contribution in [-0.2, 0) is 0 Å². The third-order valence-electron chi connectivity index (χ3n) is 5.60. The van der Waals surface area contributed by atoms with Crippen molar-refractivity contribution in [2.24, 2.45) is 0 Å². The molecule has 1 aromatic heterocycles. The summed E-state index contributed by atoms with van der Waals surface area (Å²) < 4.78 is 20.1. The molecule has 4 rings (SSSR count). The number of hydrogen-bond donors (Lipinski definition) is 3. The zero-order valence-corrected chi connectivity index (χ0v) is 17.1. The predicted molar refractivity (Wildman–Crippen MR) is 110 cm³/mol. The molecule has 6 nitrogen and oxygen atoms in total. The molecule has 152 valence electrons. The van der Waals surface area contributed by atoms with Crippen molar-refractivity contribution >= 4 is 26.9 Å². The highest BCUT2D eigenvalue weighted by atomic mass is 79.9. The van der Waals surface area contributed by atoms with Gasteiger partial charge in [0.15, 0.2) is 5.43 Å². The Morgan fingerprint density at radius 2 is 2.03 bits per heavy atom. The van der Waals surface area contributed by atoms with Gasteiger partial charge in [-0.15, -0.1) is 0 Å². The Morgan fingerprint density at radius 1 is 1.28 bits per heavy atom. The van der Waals surface area contributed by atoms with Gasteiger partial charge in [0.25, 0.3) is 0 Å². The quantitative estimate of drug-likeness (QED) is 0.549. The highest BCUT2D eigenvalue weighted by molar-refractivity contribution is 9.10. The van der Waals surface area contributed by atoms with Crippen LogP contribution in [0.3, 0.4) is 0 Å². The molecule has 0 bridgehead atoms. The molecule has 1 saturated heterocycles. The van der Waals surface area contributed by atoms with Gasteiger partial charge in [0.05, 0.1) is 11.1 Å². The fourth-order valence-corrected chi connectivity index (χ4v) is 4.58. The number of nitrogens with zero attached hydrogens (tertiary/aromatic N) is 1. The lowest BCUT2D eigenvalue weighted by atomic mass is 9.89. The lowest BCUT2D eigenvalue weighted by Gasteiger charge is -2.24. The van der Waals surface area contributed by atoms with Gasteiger partial charge in [0.1, 0.15) is 34.0 Å². The molecule has 0 aliphatic carbocycles. The number of fused-ring (bicyclic) bond motifs is 1. The summed E-state index contributed by atoms with van der Waals surface area (Å²) in [5.41, 5.74) is 0.218. The SMILES string of the molecule is CN1CC[C@@H](c2c(O)cc(O)c3c(=O)cc(-c4cccc(F)c4Br)oc23)[C@@H]1CO. The van der Waals surface area contributed by atoms with Gasteiger partial charge >= 0.3 is 0 Å². The summed E-state index contributed by atoms with van der Waals surface area (Å²) in [6.07, 6.45) is 0.632. The molecule has 29 heavy (non-hydrogen) atoms. The third-order valence-corrected chi connectivity index (χ3v) is 6.40. The van der Waals surface area contributed by atoms with Crippen LogP contribution in [-0.4, -0.2) is 46.5 Å². The van der Waals surface area contributed by atoms with E-state index in [0.717, 1.165) is 6.07 Å². The van der Waals surface area contributed by atoms with Gasteiger partial charge in [-0.05, 0) is 48.1 Å². The number of hydrogen-bond acceptors (Lipinski definition) is 6. The zero-order valence-electron chi connectivity index (χ0n) is 15.5. The minimum absolute atomic E-state index is 0.0416. The smallest absolute Gasteiger partial charge is 0.197 e. The van der Waals surface area contributed by atoms with Crippen molar-refractivity contribution in [1.29, 1.82) is 0 Å². The number of phenolic OH excluding ortho intramolecular Hbond substituents is 2. The van der Waals surface area contributed by atoms with E-state index in [2.05, 4.69) is 15.9 Å². The van der Waals surface area contributed by atoms with Crippen molar-refractivity contribution in [3.8, 4) is 22.8 Å². The lowest BCUT2D eigenvalue weighted by molar-refractivity contribution is 0.172. The summed E-state index contributed by atoms with van der Waals surface area (Å²) >= 11 is 3.17. The summed E-state index contributed by atoms with van der Waals surface area (Å²) in [6, 6.07) is 6.40. The van der Waals surface area contributed by atoms with E-state index in [0.29, 0.717) is 24.1 Å². The van der Waals surface area contributed by atoms with Crippen LogP contribution in [0, 0.1) is 5.82 Å². The summed E-state index contributed by atoms with van der Waals surface area (Å²) in [6.45, 7) is 0.555. The van der Waals surface area contributed by atoms with Gasteiger partial charge in [-0.3, -0.25) is 4.79 Å². The predicted octanol–water partition coefficient (Wildman–Crippen LogP) is 3.55. The number of likely N-dealkylation sites (tertiary alicyclic amines) is 1. The standard InChI is InChI=1S/C21H19BrFNO5/c1-24-6-5-10(13(24)9-25)18-14(26)7-15(27)19-16(28)8-17(29-21(18)19)11-3-2-4-12(23)20(11)22/h2-4,7-8,10,13,25-27H,5-6,9H2,1H3/t10-,13+/m1/s1. The number of rotatable bonds is 3. The van der Waals surface area contributed by atoms with Gasteiger partial charge < -0.3 is 24.6 Å². The first kappa shape index (κ1) is 19.9. The maximum Gasteiger partial charge on any atom is 0.197 e. The molecular formula is C21H19BrFNO5. The topological polar surface area (TPSA) is 94.1 Å². The highest BCUT2D eigenvalue weighted by Crippen LogP contribution is 2.44. The maximum absolute atomic E-state index is 14.0. The van der Waals surface area contributed by atoms with E-state index in [1.807, 2.05) is 11.9 Å². The Bertz CT molecular complexity index is 1160. The third kappa shape index (κ3) is 3.21. The monoisotopic (exact) mass is 463 g/mol. The van der Waals surface area contributed by atoms with Crippen LogP contribution >= 0.6 is 15.9 Å². The van der Waals surface area contributed by atoms with Crippen LogP contribution in [0.15, 0.2) is 44.0 Å². The van der Waals surface area contributed by atoms with Crippen molar-refractivity contribution in [2.75, 3.05) is 20.2 Å². The van der Waals surface area contributed by atoms with Crippen LogP contribution in [0.1, 0.15) is 17.9 Å². The minimum atomic E-state index is -0.512. The summed E-state index contributed by atoms with van der Waals surface area (Å²) in [7, 11) is 1.87. The first-order chi connectivity index (χ1) is 13.8. The molecule has 1 fully saturated rings. The van der Waals surface area contributed by atoms with E-state index < -0.39 is 17.0 Å². The van der Waals surface area contributed by atoms with E-state index in [4.69, 9.17) is 4.42 Å². The summed E-state index contributed by atoms with van der Waals surface area (Å²) in [5, 5.41) is 30.7. The summed E-state index contributed by atoms with van der Waals surface area (Å²) in [4.78, 5) is 14.8. The van der Waals surface area contributed by atoms with E-state index in [9.17, 15) is 24.5 Å². The van der Waals surface area contributed by atoms with Crippen molar-refractivity contribution in [1.82, 2.24) is 4.90 Å². The Kier molecular flexibility index (Phi) is 5.10. The molecule has 2 heterocycles. The molecule has 0 radical (unpaired) electrons.